The quantitative estimate of drug-likeness (QED) is 0.669. The van der Waals surface area contributed by atoms with Crippen LogP contribution in [0.15, 0.2) is 18.2 Å². The summed E-state index contributed by atoms with van der Waals surface area (Å²) >= 11 is 0. The third-order valence-corrected chi connectivity index (χ3v) is 2.56. The first-order valence-electron chi connectivity index (χ1n) is 5.33. The molecule has 1 rings (SSSR count). The van der Waals surface area contributed by atoms with Gasteiger partial charge in [0.05, 0.1) is 19.8 Å². The molecule has 1 aromatic carbocycles. The van der Waals surface area contributed by atoms with Crippen molar-refractivity contribution >= 4 is 0 Å². The van der Waals surface area contributed by atoms with E-state index in [9.17, 15) is 5.11 Å². The second-order valence-corrected chi connectivity index (χ2v) is 4.03. The molecule has 4 heteroatoms. The van der Waals surface area contributed by atoms with Gasteiger partial charge in [-0.15, -0.1) is 0 Å². The van der Waals surface area contributed by atoms with E-state index in [-0.39, 0.29) is 6.54 Å². The molecule has 1 unspecified atom stereocenters. The molecule has 4 nitrogen and oxygen atoms in total. The van der Waals surface area contributed by atoms with E-state index in [1.54, 1.807) is 7.11 Å². The molecule has 90 valence electrons. The smallest absolute Gasteiger partial charge is 0.124 e. The lowest BCUT2D eigenvalue weighted by atomic mass is 9.98. The highest BCUT2D eigenvalue weighted by Crippen LogP contribution is 2.28. The second-order valence-electron chi connectivity index (χ2n) is 4.03. The lowest BCUT2D eigenvalue weighted by Crippen LogP contribution is -2.18. The molecule has 0 heterocycles. The first-order valence-corrected chi connectivity index (χ1v) is 5.33. The zero-order valence-electron chi connectivity index (χ0n) is 9.90. The van der Waals surface area contributed by atoms with Crippen LogP contribution in [0.3, 0.4) is 0 Å². The summed E-state index contributed by atoms with van der Waals surface area (Å²) in [5.74, 6) is 1.02. The maximum atomic E-state index is 9.84. The molecule has 0 fully saturated rings. The van der Waals surface area contributed by atoms with Gasteiger partial charge in [-0.1, -0.05) is 19.9 Å². The van der Waals surface area contributed by atoms with Crippen LogP contribution in [-0.2, 0) is 0 Å². The van der Waals surface area contributed by atoms with Crippen molar-refractivity contribution in [3.05, 3.63) is 29.3 Å². The fourth-order valence-electron chi connectivity index (χ4n) is 1.57. The fraction of sp³-hybridized carbons (Fsp3) is 0.500. The average molecular weight is 225 g/mol. The van der Waals surface area contributed by atoms with Crippen LogP contribution in [0.4, 0.5) is 0 Å². The van der Waals surface area contributed by atoms with E-state index in [1.807, 2.05) is 23.7 Å². The molecule has 1 atom stereocenters. The molecule has 0 spiro atoms. The number of hydrogen-bond donors (Lipinski definition) is 3. The monoisotopic (exact) mass is 225 g/mol. The number of ether oxygens (including phenoxy) is 1. The summed E-state index contributed by atoms with van der Waals surface area (Å²) < 4.78 is 5.18. The maximum absolute atomic E-state index is 9.84. The van der Waals surface area contributed by atoms with Gasteiger partial charge >= 0.3 is 0 Å². The van der Waals surface area contributed by atoms with Crippen LogP contribution in [-0.4, -0.2) is 24.0 Å². The molecule has 0 radical (unpaired) electrons. The zero-order chi connectivity index (χ0) is 12.1. The van der Waals surface area contributed by atoms with Crippen molar-refractivity contribution in [1.29, 1.82) is 0 Å². The Bertz CT molecular complexity index is 339. The Kier molecular flexibility index (Phi) is 4.73. The van der Waals surface area contributed by atoms with E-state index in [1.165, 1.54) is 0 Å². The number of nitrogens with one attached hydrogen (secondary N) is 1. The average Bonchev–Trinajstić information content (AvgIpc) is 2.28. The van der Waals surface area contributed by atoms with Crippen LogP contribution in [0, 0.1) is 0 Å². The van der Waals surface area contributed by atoms with Crippen LogP contribution in [0.1, 0.15) is 37.0 Å². The van der Waals surface area contributed by atoms with Gasteiger partial charge in [0.1, 0.15) is 5.75 Å². The highest BCUT2D eigenvalue weighted by molar-refractivity contribution is 5.40. The summed E-state index contributed by atoms with van der Waals surface area (Å²) in [5.41, 5.74) is 3.78. The predicted octanol–water partition coefficient (Wildman–Crippen LogP) is 1.83. The minimum Gasteiger partial charge on any atom is -0.496 e. The third kappa shape index (κ3) is 2.95. The lowest BCUT2D eigenvalue weighted by Gasteiger charge is -2.16. The van der Waals surface area contributed by atoms with Gasteiger partial charge in [0, 0.05) is 5.56 Å². The van der Waals surface area contributed by atoms with Crippen molar-refractivity contribution in [2.45, 2.75) is 25.9 Å². The summed E-state index contributed by atoms with van der Waals surface area (Å²) in [5, 5.41) is 18.4. The standard InChI is InChI=1S/C12H19NO3/c1-8(2)9-4-5-12(16-3)10(6-9)11(14)7-13-15/h4-6,8,11,13-15H,7H2,1-3H3. The van der Waals surface area contributed by atoms with Gasteiger partial charge in [-0.3, -0.25) is 0 Å². The highest BCUT2D eigenvalue weighted by Gasteiger charge is 2.14. The van der Waals surface area contributed by atoms with Gasteiger partial charge in [-0.2, -0.15) is 0 Å². The van der Waals surface area contributed by atoms with Crippen LogP contribution in [0.2, 0.25) is 0 Å². The third-order valence-electron chi connectivity index (χ3n) is 2.56. The topological polar surface area (TPSA) is 61.7 Å². The molecule has 0 amide bonds. The van der Waals surface area contributed by atoms with Gasteiger partial charge in [0.15, 0.2) is 0 Å². The van der Waals surface area contributed by atoms with Gasteiger partial charge in [-0.25, -0.2) is 5.48 Å². The van der Waals surface area contributed by atoms with Crippen molar-refractivity contribution in [2.24, 2.45) is 0 Å². The molecular formula is C12H19NO3. The predicted molar refractivity (Wildman–Crippen MR) is 61.8 cm³/mol. The van der Waals surface area contributed by atoms with Crippen LogP contribution < -0.4 is 10.2 Å². The van der Waals surface area contributed by atoms with Crippen LogP contribution in [0.5, 0.6) is 5.75 Å². The summed E-state index contributed by atoms with van der Waals surface area (Å²) in [6.45, 7) is 4.25. The Morgan fingerprint density at radius 3 is 2.56 bits per heavy atom. The van der Waals surface area contributed by atoms with E-state index >= 15 is 0 Å². The Morgan fingerprint density at radius 2 is 2.06 bits per heavy atom. The maximum Gasteiger partial charge on any atom is 0.124 e. The Labute approximate surface area is 95.8 Å². The minimum atomic E-state index is -0.779. The van der Waals surface area contributed by atoms with Crippen molar-refractivity contribution < 1.29 is 15.1 Å². The van der Waals surface area contributed by atoms with Crippen molar-refractivity contribution in [1.82, 2.24) is 5.48 Å². The number of benzene rings is 1. The number of rotatable bonds is 5. The SMILES string of the molecule is COc1ccc(C(C)C)cc1C(O)CNO. The van der Waals surface area contributed by atoms with Gasteiger partial charge in [0.25, 0.3) is 0 Å². The van der Waals surface area contributed by atoms with E-state index in [2.05, 4.69) is 13.8 Å². The molecule has 0 aliphatic heterocycles. The van der Waals surface area contributed by atoms with Crippen LogP contribution in [0.25, 0.3) is 0 Å². The van der Waals surface area contributed by atoms with E-state index < -0.39 is 6.10 Å². The van der Waals surface area contributed by atoms with Gasteiger partial charge < -0.3 is 15.1 Å². The fourth-order valence-corrected chi connectivity index (χ4v) is 1.57. The van der Waals surface area contributed by atoms with E-state index in [0.717, 1.165) is 5.56 Å². The summed E-state index contributed by atoms with van der Waals surface area (Å²) in [4.78, 5) is 0. The molecule has 16 heavy (non-hydrogen) atoms. The largest absolute Gasteiger partial charge is 0.496 e. The van der Waals surface area contributed by atoms with Crippen molar-refractivity contribution in [3.8, 4) is 5.75 Å². The summed E-state index contributed by atoms with van der Waals surface area (Å²) in [6, 6.07) is 5.73. The van der Waals surface area contributed by atoms with Crippen molar-refractivity contribution in [3.63, 3.8) is 0 Å². The zero-order valence-corrected chi connectivity index (χ0v) is 9.90. The molecule has 0 aromatic heterocycles. The minimum absolute atomic E-state index is 0.0813. The number of aliphatic hydroxyl groups excluding tert-OH is 1. The molecule has 1 aromatic rings. The first-order chi connectivity index (χ1) is 7.60. The number of aliphatic hydroxyl groups is 1. The summed E-state index contributed by atoms with van der Waals surface area (Å²) in [6.07, 6.45) is -0.779. The summed E-state index contributed by atoms with van der Waals surface area (Å²) in [7, 11) is 1.56. The van der Waals surface area contributed by atoms with E-state index in [4.69, 9.17) is 9.94 Å². The molecule has 0 bridgehead atoms. The molecular weight excluding hydrogens is 206 g/mol. The molecule has 0 aliphatic carbocycles. The second kappa shape index (κ2) is 5.84. The van der Waals surface area contributed by atoms with Crippen molar-refractivity contribution in [2.75, 3.05) is 13.7 Å². The van der Waals surface area contributed by atoms with Gasteiger partial charge in [0.2, 0.25) is 0 Å². The number of hydroxylamine groups is 1. The lowest BCUT2D eigenvalue weighted by molar-refractivity contribution is 0.0906. The normalized spacial score (nSPS) is 12.9. The van der Waals surface area contributed by atoms with Crippen LogP contribution >= 0.6 is 0 Å². The van der Waals surface area contributed by atoms with E-state index in [0.29, 0.717) is 17.2 Å². The highest BCUT2D eigenvalue weighted by atomic mass is 16.5. The number of methoxy groups -OCH3 is 1. The molecule has 0 saturated heterocycles. The molecule has 0 aliphatic rings. The number of hydrogen-bond acceptors (Lipinski definition) is 4. The molecule has 3 N–H and O–H groups in total. The Hall–Kier alpha value is -1.10. The Balaban J connectivity index is 3.06. The van der Waals surface area contributed by atoms with Gasteiger partial charge in [-0.05, 0) is 23.6 Å². The molecule has 0 saturated carbocycles. The Morgan fingerprint density at radius 1 is 1.38 bits per heavy atom. The first kappa shape index (κ1) is 13.0.